The fraction of sp³-hybridized carbons (Fsp3) is 0.833. The first kappa shape index (κ1) is 12.4. The first-order valence-corrected chi connectivity index (χ1v) is 6.38. The van der Waals surface area contributed by atoms with Crippen LogP contribution in [0.25, 0.3) is 0 Å². The van der Waals surface area contributed by atoms with Crippen LogP contribution < -0.4 is 5.32 Å². The molecule has 0 radical (unpaired) electrons. The van der Waals surface area contributed by atoms with E-state index in [0.717, 1.165) is 38.9 Å². The number of nitrogens with one attached hydrogen (secondary N) is 1. The number of aliphatic carboxylic acids is 1. The number of hydrogen-bond acceptors (Lipinski definition) is 3. The molecular weight excluding hydrogens is 220 g/mol. The van der Waals surface area contributed by atoms with Crippen molar-refractivity contribution in [1.82, 2.24) is 10.2 Å². The van der Waals surface area contributed by atoms with E-state index in [1.807, 2.05) is 4.90 Å². The molecule has 2 saturated heterocycles. The number of hydrogen-bond donors (Lipinski definition) is 2. The molecule has 2 aliphatic rings. The maximum absolute atomic E-state index is 12.2. The zero-order valence-electron chi connectivity index (χ0n) is 10.0. The van der Waals surface area contributed by atoms with E-state index in [1.54, 1.807) is 0 Å². The lowest BCUT2D eigenvalue weighted by atomic mass is 9.98. The Morgan fingerprint density at radius 2 is 2.18 bits per heavy atom. The van der Waals surface area contributed by atoms with E-state index in [1.165, 1.54) is 0 Å². The Labute approximate surface area is 101 Å². The van der Waals surface area contributed by atoms with Gasteiger partial charge in [-0.1, -0.05) is 0 Å². The zero-order valence-corrected chi connectivity index (χ0v) is 10.0. The van der Waals surface area contributed by atoms with Crippen LogP contribution in [-0.2, 0) is 9.59 Å². The molecule has 0 aromatic rings. The molecule has 0 spiro atoms. The quantitative estimate of drug-likeness (QED) is 0.745. The Balaban J connectivity index is 1.82. The molecule has 0 saturated carbocycles. The van der Waals surface area contributed by atoms with Crippen LogP contribution in [0.1, 0.15) is 25.7 Å². The second-order valence-electron chi connectivity index (χ2n) is 5.08. The summed E-state index contributed by atoms with van der Waals surface area (Å²) in [7, 11) is 0. The first-order chi connectivity index (χ1) is 8.16. The lowest BCUT2D eigenvalue weighted by Gasteiger charge is -2.26. The van der Waals surface area contributed by atoms with E-state index >= 15 is 0 Å². The smallest absolute Gasteiger partial charge is 0.303 e. The van der Waals surface area contributed by atoms with Crippen LogP contribution in [-0.4, -0.2) is 48.1 Å². The van der Waals surface area contributed by atoms with E-state index in [-0.39, 0.29) is 24.2 Å². The van der Waals surface area contributed by atoms with Crippen molar-refractivity contribution in [3.63, 3.8) is 0 Å². The molecule has 0 bridgehead atoms. The number of carboxylic acids is 1. The molecule has 96 valence electrons. The summed E-state index contributed by atoms with van der Waals surface area (Å²) >= 11 is 0. The minimum absolute atomic E-state index is 0.104. The standard InChI is InChI=1S/C12H20N2O3/c15-11(16)6-9-3-5-14(8-9)12(17)10-2-1-4-13-7-10/h9-10,13H,1-8H2,(H,15,16)/t9?,10-/m0/s1. The molecule has 2 atom stereocenters. The Kier molecular flexibility index (Phi) is 3.99. The normalized spacial score (nSPS) is 29.3. The third-order valence-electron chi connectivity index (χ3n) is 3.71. The van der Waals surface area contributed by atoms with Crippen molar-refractivity contribution in [2.45, 2.75) is 25.7 Å². The fourth-order valence-corrected chi connectivity index (χ4v) is 2.77. The van der Waals surface area contributed by atoms with Gasteiger partial charge in [-0.3, -0.25) is 9.59 Å². The molecule has 0 aromatic heterocycles. The molecule has 2 aliphatic heterocycles. The molecule has 17 heavy (non-hydrogen) atoms. The van der Waals surface area contributed by atoms with Crippen LogP contribution in [0.15, 0.2) is 0 Å². The molecule has 2 rings (SSSR count). The van der Waals surface area contributed by atoms with Gasteiger partial charge in [0.1, 0.15) is 0 Å². The highest BCUT2D eigenvalue weighted by Crippen LogP contribution is 2.23. The molecule has 5 nitrogen and oxygen atoms in total. The van der Waals surface area contributed by atoms with Gasteiger partial charge in [0.15, 0.2) is 0 Å². The summed E-state index contributed by atoms with van der Waals surface area (Å²) < 4.78 is 0. The molecule has 2 fully saturated rings. The minimum atomic E-state index is -0.761. The molecule has 2 heterocycles. The molecular formula is C12H20N2O3. The average Bonchev–Trinajstić information content (AvgIpc) is 2.77. The summed E-state index contributed by atoms with van der Waals surface area (Å²) in [5, 5.41) is 12.0. The van der Waals surface area contributed by atoms with E-state index < -0.39 is 5.97 Å². The summed E-state index contributed by atoms with van der Waals surface area (Å²) in [5.74, 6) is -0.297. The highest BCUT2D eigenvalue weighted by molar-refractivity contribution is 5.79. The number of carboxylic acid groups (broad SMARTS) is 1. The predicted octanol–water partition coefficient (Wildman–Crippen LogP) is 0.309. The van der Waals surface area contributed by atoms with Gasteiger partial charge in [-0.25, -0.2) is 0 Å². The van der Waals surface area contributed by atoms with Crippen LogP contribution in [0.3, 0.4) is 0 Å². The van der Waals surface area contributed by atoms with Gasteiger partial charge >= 0.3 is 5.97 Å². The number of nitrogens with zero attached hydrogens (tertiary/aromatic N) is 1. The van der Waals surface area contributed by atoms with Gasteiger partial charge in [-0.2, -0.15) is 0 Å². The van der Waals surface area contributed by atoms with Crippen molar-refractivity contribution in [1.29, 1.82) is 0 Å². The average molecular weight is 240 g/mol. The summed E-state index contributed by atoms with van der Waals surface area (Å²) in [4.78, 5) is 24.6. The monoisotopic (exact) mass is 240 g/mol. The van der Waals surface area contributed by atoms with Gasteiger partial charge in [0.2, 0.25) is 5.91 Å². The zero-order chi connectivity index (χ0) is 12.3. The van der Waals surface area contributed by atoms with Crippen LogP contribution in [0, 0.1) is 11.8 Å². The minimum Gasteiger partial charge on any atom is -0.481 e. The van der Waals surface area contributed by atoms with Gasteiger partial charge in [0.05, 0.1) is 5.92 Å². The highest BCUT2D eigenvalue weighted by atomic mass is 16.4. The number of carbonyl (C=O) groups is 2. The van der Waals surface area contributed by atoms with Gasteiger partial charge in [-0.05, 0) is 31.7 Å². The first-order valence-electron chi connectivity index (χ1n) is 6.38. The van der Waals surface area contributed by atoms with Crippen molar-refractivity contribution in [3.8, 4) is 0 Å². The van der Waals surface area contributed by atoms with Crippen LogP contribution >= 0.6 is 0 Å². The number of likely N-dealkylation sites (tertiary alicyclic amines) is 1. The molecule has 5 heteroatoms. The maximum Gasteiger partial charge on any atom is 0.303 e. The topological polar surface area (TPSA) is 69.6 Å². The number of carbonyl (C=O) groups excluding carboxylic acids is 1. The summed E-state index contributed by atoms with van der Waals surface area (Å²) in [6.45, 7) is 3.14. The van der Waals surface area contributed by atoms with E-state index in [9.17, 15) is 9.59 Å². The lowest BCUT2D eigenvalue weighted by molar-refractivity contribution is -0.139. The molecule has 0 aliphatic carbocycles. The van der Waals surface area contributed by atoms with Gasteiger partial charge < -0.3 is 15.3 Å². The van der Waals surface area contributed by atoms with Crippen molar-refractivity contribution in [2.75, 3.05) is 26.2 Å². The molecule has 1 amide bonds. The number of rotatable bonds is 3. The fourth-order valence-electron chi connectivity index (χ4n) is 2.77. The molecule has 1 unspecified atom stereocenters. The van der Waals surface area contributed by atoms with Gasteiger partial charge in [0, 0.05) is 26.1 Å². The second kappa shape index (κ2) is 5.49. The van der Waals surface area contributed by atoms with Crippen molar-refractivity contribution in [2.24, 2.45) is 11.8 Å². The van der Waals surface area contributed by atoms with Crippen molar-refractivity contribution < 1.29 is 14.7 Å². The van der Waals surface area contributed by atoms with E-state index in [2.05, 4.69) is 5.32 Å². The largest absolute Gasteiger partial charge is 0.481 e. The summed E-state index contributed by atoms with van der Waals surface area (Å²) in [5.41, 5.74) is 0. The number of amides is 1. The molecule has 0 aromatic carbocycles. The number of piperidine rings is 1. The predicted molar refractivity (Wildman–Crippen MR) is 62.5 cm³/mol. The van der Waals surface area contributed by atoms with Crippen LogP contribution in [0.4, 0.5) is 0 Å². The van der Waals surface area contributed by atoms with Crippen molar-refractivity contribution >= 4 is 11.9 Å². The summed E-state index contributed by atoms with van der Waals surface area (Å²) in [6, 6.07) is 0. The van der Waals surface area contributed by atoms with E-state index in [4.69, 9.17) is 5.11 Å². The third-order valence-corrected chi connectivity index (χ3v) is 3.71. The van der Waals surface area contributed by atoms with Gasteiger partial charge in [0.25, 0.3) is 0 Å². The van der Waals surface area contributed by atoms with Gasteiger partial charge in [-0.15, -0.1) is 0 Å². The second-order valence-corrected chi connectivity index (χ2v) is 5.08. The Bertz CT molecular complexity index is 300. The Hall–Kier alpha value is -1.10. The third kappa shape index (κ3) is 3.19. The SMILES string of the molecule is O=C(O)CC1CCN(C(=O)[C@H]2CCCNC2)C1. The lowest BCUT2D eigenvalue weighted by Crippen LogP contribution is -2.42. The summed E-state index contributed by atoms with van der Waals surface area (Å²) in [6.07, 6.45) is 3.04. The van der Waals surface area contributed by atoms with Crippen LogP contribution in [0.2, 0.25) is 0 Å². The maximum atomic E-state index is 12.2. The molecule has 2 N–H and O–H groups in total. The van der Waals surface area contributed by atoms with Crippen LogP contribution in [0.5, 0.6) is 0 Å². The highest BCUT2D eigenvalue weighted by Gasteiger charge is 2.32. The Morgan fingerprint density at radius 3 is 2.82 bits per heavy atom. The van der Waals surface area contributed by atoms with Crippen molar-refractivity contribution in [3.05, 3.63) is 0 Å². The van der Waals surface area contributed by atoms with E-state index in [0.29, 0.717) is 6.54 Å². The Morgan fingerprint density at radius 1 is 1.35 bits per heavy atom.